The average Bonchev–Trinajstić information content (AvgIpc) is 3.38. The van der Waals surface area contributed by atoms with Crippen LogP contribution >= 0.6 is 0 Å². The molecule has 0 bridgehead atoms. The fraction of sp³-hybridized carbons (Fsp3) is 0.520. The summed E-state index contributed by atoms with van der Waals surface area (Å²) in [6.07, 6.45) is 7.43. The fourth-order valence-corrected chi connectivity index (χ4v) is 4.83. The average molecular weight is 440 g/mol. The Labute approximate surface area is 189 Å². The van der Waals surface area contributed by atoms with E-state index in [1.807, 2.05) is 36.4 Å². The third-order valence-electron chi connectivity index (χ3n) is 6.59. The molecular formula is C25H33N3O4. The van der Waals surface area contributed by atoms with E-state index in [9.17, 15) is 9.59 Å². The van der Waals surface area contributed by atoms with Gasteiger partial charge in [0.05, 0.1) is 26.0 Å². The van der Waals surface area contributed by atoms with E-state index in [0.717, 1.165) is 43.0 Å². The monoisotopic (exact) mass is 439 g/mol. The lowest BCUT2D eigenvalue weighted by Gasteiger charge is -2.30. The number of carbonyl (C=O) groups is 2. The molecule has 0 spiro atoms. The molecule has 2 atom stereocenters. The Balaban J connectivity index is 1.43. The van der Waals surface area contributed by atoms with Gasteiger partial charge >= 0.3 is 0 Å². The second-order valence-corrected chi connectivity index (χ2v) is 8.61. The van der Waals surface area contributed by atoms with Gasteiger partial charge in [0.1, 0.15) is 17.6 Å². The molecule has 1 aromatic carbocycles. The van der Waals surface area contributed by atoms with Crippen molar-refractivity contribution in [2.24, 2.45) is 0 Å². The lowest BCUT2D eigenvalue weighted by molar-refractivity contribution is -0.136. The second kappa shape index (κ2) is 10.7. The summed E-state index contributed by atoms with van der Waals surface area (Å²) >= 11 is 0. The van der Waals surface area contributed by atoms with Crippen molar-refractivity contribution < 1.29 is 18.7 Å². The maximum absolute atomic E-state index is 13.2. The van der Waals surface area contributed by atoms with Gasteiger partial charge in [0.15, 0.2) is 0 Å². The third kappa shape index (κ3) is 5.15. The van der Waals surface area contributed by atoms with Crippen molar-refractivity contribution >= 4 is 11.8 Å². The summed E-state index contributed by atoms with van der Waals surface area (Å²) in [7, 11) is 1.62. The van der Waals surface area contributed by atoms with Crippen molar-refractivity contribution in [3.05, 3.63) is 54.0 Å². The van der Waals surface area contributed by atoms with Crippen LogP contribution in [0.15, 0.2) is 47.1 Å². The van der Waals surface area contributed by atoms with Crippen molar-refractivity contribution in [2.75, 3.05) is 26.7 Å². The molecule has 1 aromatic heterocycles. The van der Waals surface area contributed by atoms with Crippen LogP contribution in [0.2, 0.25) is 0 Å². The zero-order valence-corrected chi connectivity index (χ0v) is 18.8. The molecule has 2 fully saturated rings. The zero-order chi connectivity index (χ0) is 22.3. The molecule has 2 amide bonds. The van der Waals surface area contributed by atoms with Crippen molar-refractivity contribution in [1.29, 1.82) is 0 Å². The molecule has 2 aliphatic rings. The molecular weight excluding hydrogens is 406 g/mol. The van der Waals surface area contributed by atoms with Crippen LogP contribution in [0.1, 0.15) is 55.9 Å². The Morgan fingerprint density at radius 1 is 1.16 bits per heavy atom. The van der Waals surface area contributed by atoms with Gasteiger partial charge in [-0.2, -0.15) is 0 Å². The first-order valence-electron chi connectivity index (χ1n) is 11.6. The molecule has 3 heterocycles. The van der Waals surface area contributed by atoms with Gasteiger partial charge in [-0.25, -0.2) is 0 Å². The Kier molecular flexibility index (Phi) is 7.47. The summed E-state index contributed by atoms with van der Waals surface area (Å²) in [5, 5.41) is 3.13. The molecule has 1 N–H and O–H groups in total. The first-order valence-corrected chi connectivity index (χ1v) is 11.6. The molecule has 0 aliphatic carbocycles. The van der Waals surface area contributed by atoms with Gasteiger partial charge in [0.2, 0.25) is 11.8 Å². The molecule has 0 saturated carbocycles. The molecule has 2 aliphatic heterocycles. The maximum atomic E-state index is 13.2. The van der Waals surface area contributed by atoms with Crippen LogP contribution in [0.5, 0.6) is 5.75 Å². The van der Waals surface area contributed by atoms with Gasteiger partial charge in [0.25, 0.3) is 0 Å². The predicted molar refractivity (Wildman–Crippen MR) is 121 cm³/mol. The summed E-state index contributed by atoms with van der Waals surface area (Å²) in [6, 6.07) is 11.0. The van der Waals surface area contributed by atoms with Crippen molar-refractivity contribution in [1.82, 2.24) is 15.1 Å². The van der Waals surface area contributed by atoms with E-state index in [0.29, 0.717) is 25.9 Å². The van der Waals surface area contributed by atoms with E-state index in [1.54, 1.807) is 18.3 Å². The summed E-state index contributed by atoms with van der Waals surface area (Å²) in [4.78, 5) is 29.9. The molecule has 32 heavy (non-hydrogen) atoms. The zero-order valence-electron chi connectivity index (χ0n) is 18.8. The summed E-state index contributed by atoms with van der Waals surface area (Å²) < 4.78 is 11.1. The number of likely N-dealkylation sites (tertiary alicyclic amines) is 2. The molecule has 7 heteroatoms. The lowest BCUT2D eigenvalue weighted by atomic mass is 10.1. The smallest absolute Gasteiger partial charge is 0.242 e. The van der Waals surface area contributed by atoms with E-state index in [2.05, 4.69) is 10.2 Å². The molecule has 2 unspecified atom stereocenters. The second-order valence-electron chi connectivity index (χ2n) is 8.61. The molecule has 7 nitrogen and oxygen atoms in total. The fourth-order valence-electron chi connectivity index (χ4n) is 4.83. The van der Waals surface area contributed by atoms with Crippen LogP contribution in [-0.4, -0.2) is 54.4 Å². The summed E-state index contributed by atoms with van der Waals surface area (Å²) in [5.41, 5.74) is 0.904. The number of amides is 2. The van der Waals surface area contributed by atoms with E-state index in [4.69, 9.17) is 9.15 Å². The normalized spacial score (nSPS) is 20.7. The van der Waals surface area contributed by atoms with E-state index in [1.165, 1.54) is 12.8 Å². The van der Waals surface area contributed by atoms with Gasteiger partial charge in [0, 0.05) is 18.5 Å². The van der Waals surface area contributed by atoms with Gasteiger partial charge < -0.3 is 19.4 Å². The number of hydrogen-bond donors (Lipinski definition) is 1. The van der Waals surface area contributed by atoms with Crippen molar-refractivity contribution in [3.63, 3.8) is 0 Å². The largest absolute Gasteiger partial charge is 0.496 e. The maximum Gasteiger partial charge on any atom is 0.242 e. The van der Waals surface area contributed by atoms with Crippen LogP contribution in [-0.2, 0) is 16.1 Å². The van der Waals surface area contributed by atoms with E-state index < -0.39 is 6.04 Å². The first-order chi connectivity index (χ1) is 15.7. The standard InChI is InChI=1S/C25H33N3O4/c1-31-22-10-5-4-9-19(22)18-28-20(12-13-24(28)29)25(30)26-17-21(23-11-8-16-32-23)27-14-6-2-3-7-15-27/h4-5,8-11,16,20-21H,2-3,6-7,12-15,17-18H2,1H3,(H,26,30). The first kappa shape index (κ1) is 22.4. The third-order valence-corrected chi connectivity index (χ3v) is 6.59. The summed E-state index contributed by atoms with van der Waals surface area (Å²) in [5.74, 6) is 1.51. The quantitative estimate of drug-likeness (QED) is 0.681. The Morgan fingerprint density at radius 3 is 2.66 bits per heavy atom. The Bertz CT molecular complexity index is 890. The number of benzene rings is 1. The minimum Gasteiger partial charge on any atom is -0.496 e. The highest BCUT2D eigenvalue weighted by atomic mass is 16.5. The molecule has 4 rings (SSSR count). The van der Waals surface area contributed by atoms with Gasteiger partial charge in [-0.05, 0) is 50.6 Å². The van der Waals surface area contributed by atoms with Crippen LogP contribution < -0.4 is 10.1 Å². The number of nitrogens with zero attached hydrogens (tertiary/aromatic N) is 2. The molecule has 2 saturated heterocycles. The van der Waals surface area contributed by atoms with Gasteiger partial charge in [-0.1, -0.05) is 31.0 Å². The highest BCUT2D eigenvalue weighted by molar-refractivity contribution is 5.90. The van der Waals surface area contributed by atoms with Gasteiger partial charge in [-0.15, -0.1) is 0 Å². The number of methoxy groups -OCH3 is 1. The van der Waals surface area contributed by atoms with Crippen molar-refractivity contribution in [2.45, 2.75) is 57.2 Å². The van der Waals surface area contributed by atoms with E-state index >= 15 is 0 Å². The topological polar surface area (TPSA) is 75.0 Å². The predicted octanol–water partition coefficient (Wildman–Crippen LogP) is 3.51. The minimum atomic E-state index is -0.464. The highest BCUT2D eigenvalue weighted by Crippen LogP contribution is 2.27. The minimum absolute atomic E-state index is 0.00570. The Morgan fingerprint density at radius 2 is 1.94 bits per heavy atom. The molecule has 0 radical (unpaired) electrons. The summed E-state index contributed by atoms with van der Waals surface area (Å²) in [6.45, 7) is 2.85. The highest BCUT2D eigenvalue weighted by Gasteiger charge is 2.37. The number of ether oxygens (including phenoxy) is 1. The van der Waals surface area contributed by atoms with Crippen LogP contribution in [0.4, 0.5) is 0 Å². The SMILES string of the molecule is COc1ccccc1CN1C(=O)CCC1C(=O)NCC(c1ccco1)N1CCCCCC1. The van der Waals surface area contributed by atoms with Crippen molar-refractivity contribution in [3.8, 4) is 5.75 Å². The molecule has 2 aromatic rings. The number of para-hydroxylation sites is 1. The van der Waals surface area contributed by atoms with E-state index in [-0.39, 0.29) is 17.9 Å². The number of carbonyl (C=O) groups excluding carboxylic acids is 2. The number of rotatable bonds is 8. The van der Waals surface area contributed by atoms with Crippen LogP contribution in [0, 0.1) is 0 Å². The Hall–Kier alpha value is -2.80. The molecule has 172 valence electrons. The number of hydrogen-bond acceptors (Lipinski definition) is 5. The lowest BCUT2D eigenvalue weighted by Crippen LogP contribution is -2.47. The number of nitrogens with one attached hydrogen (secondary N) is 1. The number of furan rings is 1. The van der Waals surface area contributed by atoms with Crippen LogP contribution in [0.3, 0.4) is 0 Å². The van der Waals surface area contributed by atoms with Gasteiger partial charge in [-0.3, -0.25) is 14.5 Å². The van der Waals surface area contributed by atoms with Crippen LogP contribution in [0.25, 0.3) is 0 Å².